The number of non-ortho nitro benzene ring substituents is 1. The van der Waals surface area contributed by atoms with E-state index < -0.39 is 10.9 Å². The predicted octanol–water partition coefficient (Wildman–Crippen LogP) is 3.75. The number of nitro groups is 1. The number of halogens is 1. The van der Waals surface area contributed by atoms with E-state index in [1.54, 1.807) is 0 Å². The molecular weight excluding hydrogens is 359 g/mol. The van der Waals surface area contributed by atoms with E-state index in [0.29, 0.717) is 11.3 Å². The van der Waals surface area contributed by atoms with Crippen LogP contribution in [0.25, 0.3) is 11.3 Å². The number of hydrogen-bond donors (Lipinski definition) is 0. The van der Waals surface area contributed by atoms with Crippen LogP contribution < -0.4 is 4.74 Å². The molecule has 3 rings (SSSR count). The van der Waals surface area contributed by atoms with Gasteiger partial charge in [0.15, 0.2) is 12.4 Å². The third kappa shape index (κ3) is 4.09. The van der Waals surface area contributed by atoms with E-state index >= 15 is 0 Å². The lowest BCUT2D eigenvalue weighted by Gasteiger charge is -2.07. The molecule has 0 amide bonds. The molecule has 0 saturated heterocycles. The SMILES string of the molecule is COc1ccc([N+](=O)[O-])cc1C(=O)OCc1ncc(-c2ccc(F)cc2)o1. The van der Waals surface area contributed by atoms with Gasteiger partial charge in [0.1, 0.15) is 17.1 Å². The second-order valence-electron chi connectivity index (χ2n) is 5.34. The Morgan fingerprint density at radius 2 is 2.00 bits per heavy atom. The summed E-state index contributed by atoms with van der Waals surface area (Å²) in [4.78, 5) is 26.5. The van der Waals surface area contributed by atoms with Gasteiger partial charge in [-0.3, -0.25) is 10.1 Å². The van der Waals surface area contributed by atoms with Gasteiger partial charge in [-0.2, -0.15) is 0 Å². The lowest BCUT2D eigenvalue weighted by atomic mass is 10.2. The summed E-state index contributed by atoms with van der Waals surface area (Å²) in [6, 6.07) is 9.23. The summed E-state index contributed by atoms with van der Waals surface area (Å²) >= 11 is 0. The highest BCUT2D eigenvalue weighted by Crippen LogP contribution is 2.25. The summed E-state index contributed by atoms with van der Waals surface area (Å²) in [5.74, 6) is -0.554. The molecule has 1 heterocycles. The van der Waals surface area contributed by atoms with Crippen molar-refractivity contribution in [2.24, 2.45) is 0 Å². The number of rotatable bonds is 6. The average Bonchev–Trinajstić information content (AvgIpc) is 3.15. The molecule has 0 spiro atoms. The van der Waals surface area contributed by atoms with Crippen molar-refractivity contribution in [1.29, 1.82) is 0 Å². The average molecular weight is 372 g/mol. The first-order valence-corrected chi connectivity index (χ1v) is 7.68. The number of aromatic nitrogens is 1. The number of carbonyl (C=O) groups excluding carboxylic acids is 1. The van der Waals surface area contributed by atoms with E-state index in [4.69, 9.17) is 13.9 Å². The summed E-state index contributed by atoms with van der Waals surface area (Å²) in [6.45, 7) is -0.286. The number of carbonyl (C=O) groups is 1. The molecule has 0 aliphatic carbocycles. The molecule has 0 aliphatic heterocycles. The minimum absolute atomic E-state index is 0.0861. The lowest BCUT2D eigenvalue weighted by molar-refractivity contribution is -0.384. The first-order chi connectivity index (χ1) is 13.0. The van der Waals surface area contributed by atoms with E-state index in [2.05, 4.69) is 4.98 Å². The molecule has 0 radical (unpaired) electrons. The van der Waals surface area contributed by atoms with Crippen molar-refractivity contribution in [3.05, 3.63) is 76.0 Å². The first-order valence-electron chi connectivity index (χ1n) is 7.68. The highest BCUT2D eigenvalue weighted by atomic mass is 19.1. The molecule has 8 nitrogen and oxygen atoms in total. The number of nitrogens with zero attached hydrogens (tertiary/aromatic N) is 2. The van der Waals surface area contributed by atoms with Gasteiger partial charge in [0.25, 0.3) is 5.69 Å². The largest absolute Gasteiger partial charge is 0.496 e. The Bertz CT molecular complexity index is 984. The number of hydrogen-bond acceptors (Lipinski definition) is 7. The Balaban J connectivity index is 1.72. The molecule has 0 bridgehead atoms. The highest BCUT2D eigenvalue weighted by molar-refractivity contribution is 5.93. The molecule has 0 fully saturated rings. The Hall–Kier alpha value is -3.75. The van der Waals surface area contributed by atoms with Gasteiger partial charge in [0.2, 0.25) is 5.89 Å². The van der Waals surface area contributed by atoms with Gasteiger partial charge < -0.3 is 13.9 Å². The highest BCUT2D eigenvalue weighted by Gasteiger charge is 2.19. The molecule has 0 unspecified atom stereocenters. The minimum Gasteiger partial charge on any atom is -0.496 e. The summed E-state index contributed by atoms with van der Waals surface area (Å²) < 4.78 is 28.6. The second-order valence-corrected chi connectivity index (χ2v) is 5.34. The normalized spacial score (nSPS) is 10.4. The van der Waals surface area contributed by atoms with E-state index in [9.17, 15) is 19.3 Å². The Morgan fingerprint density at radius 1 is 1.26 bits per heavy atom. The summed E-state index contributed by atoms with van der Waals surface area (Å²) in [6.07, 6.45) is 1.42. The van der Waals surface area contributed by atoms with E-state index in [1.807, 2.05) is 0 Å². The molecule has 138 valence electrons. The van der Waals surface area contributed by atoms with Crippen LogP contribution in [0.1, 0.15) is 16.2 Å². The predicted molar refractivity (Wildman–Crippen MR) is 90.7 cm³/mol. The van der Waals surface area contributed by atoms with E-state index in [-0.39, 0.29) is 35.3 Å². The van der Waals surface area contributed by atoms with Crippen molar-refractivity contribution in [1.82, 2.24) is 4.98 Å². The number of methoxy groups -OCH3 is 1. The molecule has 2 aromatic carbocycles. The number of nitro benzene ring substituents is 1. The Labute approximate surface area is 152 Å². The number of esters is 1. The molecule has 9 heteroatoms. The maximum absolute atomic E-state index is 13.0. The zero-order valence-electron chi connectivity index (χ0n) is 14.0. The molecule has 1 aromatic heterocycles. The lowest BCUT2D eigenvalue weighted by Crippen LogP contribution is -2.08. The van der Waals surface area contributed by atoms with Crippen LogP contribution >= 0.6 is 0 Å². The van der Waals surface area contributed by atoms with Crippen LogP contribution in [0, 0.1) is 15.9 Å². The molecule has 0 aliphatic rings. The zero-order valence-corrected chi connectivity index (χ0v) is 14.0. The van der Waals surface area contributed by atoms with Gasteiger partial charge in [0, 0.05) is 17.7 Å². The van der Waals surface area contributed by atoms with Crippen molar-refractivity contribution >= 4 is 11.7 Å². The molecule has 0 saturated carbocycles. The van der Waals surface area contributed by atoms with Gasteiger partial charge in [-0.15, -0.1) is 0 Å². The Kier molecular flexibility index (Phi) is 5.11. The van der Waals surface area contributed by atoms with Crippen LogP contribution in [0.15, 0.2) is 53.1 Å². The summed E-state index contributed by atoms with van der Waals surface area (Å²) in [7, 11) is 1.33. The van der Waals surface area contributed by atoms with Crippen LogP contribution in [-0.4, -0.2) is 23.0 Å². The first kappa shape index (κ1) is 18.1. The van der Waals surface area contributed by atoms with Crippen molar-refractivity contribution in [2.45, 2.75) is 6.61 Å². The maximum Gasteiger partial charge on any atom is 0.342 e. The third-order valence-electron chi connectivity index (χ3n) is 3.62. The minimum atomic E-state index is -0.822. The third-order valence-corrected chi connectivity index (χ3v) is 3.62. The van der Waals surface area contributed by atoms with Gasteiger partial charge in [-0.1, -0.05) is 0 Å². The molecule has 3 aromatic rings. The fourth-order valence-electron chi connectivity index (χ4n) is 2.30. The van der Waals surface area contributed by atoms with Gasteiger partial charge in [0.05, 0.1) is 18.2 Å². The van der Waals surface area contributed by atoms with E-state index in [1.165, 1.54) is 49.7 Å². The fraction of sp³-hybridized carbons (Fsp3) is 0.111. The maximum atomic E-state index is 13.0. The molecule has 27 heavy (non-hydrogen) atoms. The summed E-state index contributed by atoms with van der Waals surface area (Å²) in [5.41, 5.74) is 0.260. The van der Waals surface area contributed by atoms with Crippen LogP contribution in [0.2, 0.25) is 0 Å². The van der Waals surface area contributed by atoms with Crippen LogP contribution in [0.3, 0.4) is 0 Å². The quantitative estimate of drug-likeness (QED) is 0.368. The van der Waals surface area contributed by atoms with Gasteiger partial charge in [-0.05, 0) is 30.3 Å². The number of ether oxygens (including phenoxy) is 2. The zero-order chi connectivity index (χ0) is 19.4. The standard InChI is InChI=1S/C18H13FN2O6/c1-25-15-7-6-13(21(23)24)8-14(15)18(22)26-10-17-20-9-16(27-17)11-2-4-12(19)5-3-11/h2-9H,10H2,1H3. The monoisotopic (exact) mass is 372 g/mol. The molecule has 0 N–H and O–H groups in total. The van der Waals surface area contributed by atoms with E-state index in [0.717, 1.165) is 6.07 Å². The van der Waals surface area contributed by atoms with Crippen molar-refractivity contribution in [3.63, 3.8) is 0 Å². The van der Waals surface area contributed by atoms with Gasteiger partial charge in [-0.25, -0.2) is 14.2 Å². The Morgan fingerprint density at radius 3 is 2.67 bits per heavy atom. The number of oxazole rings is 1. The number of benzene rings is 2. The van der Waals surface area contributed by atoms with Crippen molar-refractivity contribution < 1.29 is 28.0 Å². The summed E-state index contributed by atoms with van der Waals surface area (Å²) in [5, 5.41) is 10.9. The topological polar surface area (TPSA) is 105 Å². The molecule has 0 atom stereocenters. The molecular formula is C18H13FN2O6. The van der Waals surface area contributed by atoms with Crippen molar-refractivity contribution in [2.75, 3.05) is 7.11 Å². The van der Waals surface area contributed by atoms with Crippen LogP contribution in [0.5, 0.6) is 5.75 Å². The van der Waals surface area contributed by atoms with Crippen molar-refractivity contribution in [3.8, 4) is 17.1 Å². The van der Waals surface area contributed by atoms with Gasteiger partial charge >= 0.3 is 5.97 Å². The second kappa shape index (κ2) is 7.65. The smallest absolute Gasteiger partial charge is 0.342 e. The van der Waals surface area contributed by atoms with Crippen LogP contribution in [0.4, 0.5) is 10.1 Å². The fourth-order valence-corrected chi connectivity index (χ4v) is 2.30. The van der Waals surface area contributed by atoms with Crippen LogP contribution in [-0.2, 0) is 11.3 Å².